The van der Waals surface area contributed by atoms with Crippen LogP contribution in [0.25, 0.3) is 0 Å². The first-order valence-electron chi connectivity index (χ1n) is 9.13. The molecule has 2 saturated heterocycles. The molecule has 1 aromatic carbocycles. The summed E-state index contributed by atoms with van der Waals surface area (Å²) in [6.07, 6.45) is 1.39. The van der Waals surface area contributed by atoms with Crippen LogP contribution < -0.4 is 16.0 Å². The summed E-state index contributed by atoms with van der Waals surface area (Å²) in [7, 11) is 0. The first-order chi connectivity index (χ1) is 12.1. The molecule has 0 saturated carbocycles. The van der Waals surface area contributed by atoms with Gasteiger partial charge in [-0.3, -0.25) is 4.79 Å². The van der Waals surface area contributed by atoms with E-state index in [1.807, 2.05) is 0 Å². The summed E-state index contributed by atoms with van der Waals surface area (Å²) in [4.78, 5) is 15.1. The van der Waals surface area contributed by atoms with Gasteiger partial charge in [-0.15, -0.1) is 24.8 Å². The molecule has 2 aliphatic heterocycles. The minimum Gasteiger partial charge on any atom is -0.381 e. The lowest BCUT2D eigenvalue weighted by Crippen LogP contribution is -2.49. The van der Waals surface area contributed by atoms with E-state index in [1.165, 1.54) is 11.3 Å². The Hall–Kier alpha value is -1.05. The van der Waals surface area contributed by atoms with Crippen LogP contribution >= 0.6 is 24.8 Å². The molecule has 2 heterocycles. The van der Waals surface area contributed by atoms with E-state index in [-0.39, 0.29) is 30.7 Å². The van der Waals surface area contributed by atoms with Gasteiger partial charge < -0.3 is 25.4 Å². The molecular weight excluding hydrogens is 389 g/mol. The van der Waals surface area contributed by atoms with Gasteiger partial charge in [-0.05, 0) is 37.0 Å². The summed E-state index contributed by atoms with van der Waals surface area (Å²) in [5, 5.41) is 3.13. The standard InChI is InChI=1S/C19H29N3O3.2ClH/c1-15-2-3-16(17(12-15)22-6-10-25-11-7-22)13-21-18(23)19(14-20)4-8-24-9-5-19;;/h2-3,12H,4-11,13-14,20H2,1H3,(H,21,23);2*1H. The molecule has 1 aromatic rings. The number of carbonyl (C=O) groups is 1. The molecule has 154 valence electrons. The lowest BCUT2D eigenvalue weighted by molar-refractivity contribution is -0.136. The molecule has 1 amide bonds. The average Bonchev–Trinajstić information content (AvgIpc) is 2.68. The molecule has 3 N–H and O–H groups in total. The number of nitrogens with one attached hydrogen (secondary N) is 1. The van der Waals surface area contributed by atoms with E-state index in [2.05, 4.69) is 35.3 Å². The van der Waals surface area contributed by atoms with Gasteiger partial charge in [-0.25, -0.2) is 0 Å². The molecule has 0 bridgehead atoms. The lowest BCUT2D eigenvalue weighted by atomic mass is 9.79. The number of ether oxygens (including phenoxy) is 2. The summed E-state index contributed by atoms with van der Waals surface area (Å²) >= 11 is 0. The third-order valence-corrected chi connectivity index (χ3v) is 5.35. The van der Waals surface area contributed by atoms with Crippen molar-refractivity contribution in [3.8, 4) is 0 Å². The maximum atomic E-state index is 12.8. The van der Waals surface area contributed by atoms with Gasteiger partial charge in [0.25, 0.3) is 0 Å². The molecule has 0 aliphatic carbocycles. The minimum absolute atomic E-state index is 0. The molecule has 0 atom stereocenters. The van der Waals surface area contributed by atoms with Crippen LogP contribution in [0.1, 0.15) is 24.0 Å². The molecular formula is C19H31Cl2N3O3. The van der Waals surface area contributed by atoms with Crippen LogP contribution in [-0.4, -0.2) is 52.0 Å². The Kier molecular flexibility index (Phi) is 9.84. The van der Waals surface area contributed by atoms with Crippen molar-refractivity contribution in [2.75, 3.05) is 51.0 Å². The number of amides is 1. The molecule has 0 unspecified atom stereocenters. The van der Waals surface area contributed by atoms with E-state index in [1.54, 1.807) is 0 Å². The SMILES string of the molecule is Cc1ccc(CNC(=O)C2(CN)CCOCC2)c(N2CCOCC2)c1.Cl.Cl. The molecule has 8 heteroatoms. The molecule has 0 radical (unpaired) electrons. The fourth-order valence-corrected chi connectivity index (χ4v) is 3.57. The number of nitrogens with two attached hydrogens (primary N) is 1. The first-order valence-corrected chi connectivity index (χ1v) is 9.13. The summed E-state index contributed by atoms with van der Waals surface area (Å²) in [6, 6.07) is 6.40. The number of nitrogens with zero attached hydrogens (tertiary/aromatic N) is 1. The molecule has 3 rings (SSSR count). The highest BCUT2D eigenvalue weighted by molar-refractivity contribution is 5.85. The Labute approximate surface area is 174 Å². The highest BCUT2D eigenvalue weighted by Gasteiger charge is 2.38. The number of hydrogen-bond donors (Lipinski definition) is 2. The smallest absolute Gasteiger partial charge is 0.227 e. The number of hydrogen-bond acceptors (Lipinski definition) is 5. The van der Waals surface area contributed by atoms with Crippen molar-refractivity contribution >= 4 is 36.4 Å². The van der Waals surface area contributed by atoms with Gasteiger partial charge in [0, 0.05) is 45.1 Å². The Balaban J connectivity index is 0.00000182. The van der Waals surface area contributed by atoms with Crippen molar-refractivity contribution in [1.29, 1.82) is 0 Å². The lowest BCUT2D eigenvalue weighted by Gasteiger charge is -2.35. The quantitative estimate of drug-likeness (QED) is 0.763. The van der Waals surface area contributed by atoms with Gasteiger partial charge in [-0.1, -0.05) is 12.1 Å². The predicted octanol–water partition coefficient (Wildman–Crippen LogP) is 2.05. The number of rotatable bonds is 5. The summed E-state index contributed by atoms with van der Waals surface area (Å²) in [6.45, 7) is 7.45. The first kappa shape index (κ1) is 24.0. The predicted molar refractivity (Wildman–Crippen MR) is 112 cm³/mol. The highest BCUT2D eigenvalue weighted by atomic mass is 35.5. The van der Waals surface area contributed by atoms with E-state index in [9.17, 15) is 4.79 Å². The van der Waals surface area contributed by atoms with Crippen LogP contribution in [-0.2, 0) is 20.8 Å². The second-order valence-corrected chi connectivity index (χ2v) is 7.01. The van der Waals surface area contributed by atoms with Crippen LogP contribution in [0.4, 0.5) is 5.69 Å². The van der Waals surface area contributed by atoms with Gasteiger partial charge in [0.05, 0.1) is 18.6 Å². The zero-order chi connectivity index (χ0) is 17.7. The second kappa shape index (κ2) is 11.1. The zero-order valence-electron chi connectivity index (χ0n) is 15.9. The van der Waals surface area contributed by atoms with Crippen LogP contribution in [0, 0.1) is 12.3 Å². The Morgan fingerprint density at radius 1 is 1.15 bits per heavy atom. The second-order valence-electron chi connectivity index (χ2n) is 7.01. The van der Waals surface area contributed by atoms with Gasteiger partial charge in [0.2, 0.25) is 5.91 Å². The largest absolute Gasteiger partial charge is 0.381 e. The molecule has 2 aliphatic rings. The average molecular weight is 420 g/mol. The monoisotopic (exact) mass is 419 g/mol. The number of morpholine rings is 1. The van der Waals surface area contributed by atoms with E-state index >= 15 is 0 Å². The van der Waals surface area contributed by atoms with Gasteiger partial charge >= 0.3 is 0 Å². The third kappa shape index (κ3) is 5.72. The van der Waals surface area contributed by atoms with Crippen molar-refractivity contribution < 1.29 is 14.3 Å². The fourth-order valence-electron chi connectivity index (χ4n) is 3.57. The number of aryl methyl sites for hydroxylation is 1. The van der Waals surface area contributed by atoms with Crippen LogP contribution in [0.5, 0.6) is 0 Å². The van der Waals surface area contributed by atoms with Crippen molar-refractivity contribution in [1.82, 2.24) is 5.32 Å². The zero-order valence-corrected chi connectivity index (χ0v) is 17.5. The molecule has 27 heavy (non-hydrogen) atoms. The Morgan fingerprint density at radius 2 is 1.78 bits per heavy atom. The van der Waals surface area contributed by atoms with Crippen LogP contribution in [0.3, 0.4) is 0 Å². The van der Waals surface area contributed by atoms with Crippen molar-refractivity contribution in [2.24, 2.45) is 11.1 Å². The summed E-state index contributed by atoms with van der Waals surface area (Å²) in [5.74, 6) is 0.0480. The topological polar surface area (TPSA) is 76.8 Å². The number of anilines is 1. The maximum absolute atomic E-state index is 12.8. The van der Waals surface area contributed by atoms with E-state index in [0.29, 0.717) is 39.1 Å². The summed E-state index contributed by atoms with van der Waals surface area (Å²) in [5.41, 5.74) is 9.00. The van der Waals surface area contributed by atoms with E-state index < -0.39 is 5.41 Å². The molecule has 0 aromatic heterocycles. The van der Waals surface area contributed by atoms with Gasteiger partial charge in [-0.2, -0.15) is 0 Å². The molecule has 2 fully saturated rings. The maximum Gasteiger partial charge on any atom is 0.227 e. The minimum atomic E-state index is -0.484. The normalized spacial score (nSPS) is 18.8. The van der Waals surface area contributed by atoms with Gasteiger partial charge in [0.1, 0.15) is 0 Å². The Bertz CT molecular complexity index is 604. The van der Waals surface area contributed by atoms with Crippen molar-refractivity contribution in [3.63, 3.8) is 0 Å². The third-order valence-electron chi connectivity index (χ3n) is 5.35. The highest BCUT2D eigenvalue weighted by Crippen LogP contribution is 2.30. The summed E-state index contributed by atoms with van der Waals surface area (Å²) < 4.78 is 10.9. The number of carbonyl (C=O) groups excluding carboxylic acids is 1. The van der Waals surface area contributed by atoms with Gasteiger partial charge in [0.15, 0.2) is 0 Å². The van der Waals surface area contributed by atoms with E-state index in [4.69, 9.17) is 15.2 Å². The number of benzene rings is 1. The molecule has 6 nitrogen and oxygen atoms in total. The van der Waals surface area contributed by atoms with Crippen molar-refractivity contribution in [2.45, 2.75) is 26.3 Å². The van der Waals surface area contributed by atoms with Crippen LogP contribution in [0.15, 0.2) is 18.2 Å². The van der Waals surface area contributed by atoms with Crippen molar-refractivity contribution in [3.05, 3.63) is 29.3 Å². The fraction of sp³-hybridized carbons (Fsp3) is 0.632. The number of halogens is 2. The Morgan fingerprint density at radius 3 is 2.41 bits per heavy atom. The van der Waals surface area contributed by atoms with Crippen LogP contribution in [0.2, 0.25) is 0 Å². The van der Waals surface area contributed by atoms with E-state index in [0.717, 1.165) is 31.9 Å². The molecule has 0 spiro atoms.